The van der Waals surface area contributed by atoms with Crippen molar-refractivity contribution in [3.8, 4) is 6.07 Å². The molecule has 0 fully saturated rings. The van der Waals surface area contributed by atoms with E-state index in [4.69, 9.17) is 10.00 Å². The molecule has 0 amide bonds. The van der Waals surface area contributed by atoms with Crippen LogP contribution in [0.15, 0.2) is 24.3 Å². The molecule has 1 rings (SSSR count). The van der Waals surface area contributed by atoms with Crippen molar-refractivity contribution in [3.05, 3.63) is 29.8 Å². The highest BCUT2D eigenvalue weighted by Crippen LogP contribution is 2.13. The number of nitrogens with zero attached hydrogens (tertiary/aromatic N) is 1. The standard InChI is InChI=1S/C12H16N2O/c1-10(9-15-2)8-14-12-6-4-3-5-11(12)7-13/h3-6,10,14H,8-9H2,1-2H3. The van der Waals surface area contributed by atoms with Crippen LogP contribution in [0.2, 0.25) is 0 Å². The molecule has 3 heteroatoms. The van der Waals surface area contributed by atoms with Gasteiger partial charge in [0.25, 0.3) is 0 Å². The van der Waals surface area contributed by atoms with Crippen LogP contribution in [0.5, 0.6) is 0 Å². The van der Waals surface area contributed by atoms with Crippen LogP contribution in [0.25, 0.3) is 0 Å². The van der Waals surface area contributed by atoms with Gasteiger partial charge in [-0.25, -0.2) is 0 Å². The Bertz CT molecular complexity index is 344. The molecule has 1 aromatic rings. The van der Waals surface area contributed by atoms with Crippen molar-refractivity contribution in [2.24, 2.45) is 5.92 Å². The Morgan fingerprint density at radius 2 is 2.20 bits per heavy atom. The zero-order valence-corrected chi connectivity index (χ0v) is 9.16. The van der Waals surface area contributed by atoms with Gasteiger partial charge in [-0.05, 0) is 18.1 Å². The largest absolute Gasteiger partial charge is 0.384 e. The lowest BCUT2D eigenvalue weighted by Crippen LogP contribution is -2.16. The Morgan fingerprint density at radius 1 is 1.47 bits per heavy atom. The van der Waals surface area contributed by atoms with Crippen LogP contribution in [0.1, 0.15) is 12.5 Å². The molecule has 1 aromatic carbocycles. The van der Waals surface area contributed by atoms with E-state index >= 15 is 0 Å². The van der Waals surface area contributed by atoms with E-state index in [1.54, 1.807) is 7.11 Å². The summed E-state index contributed by atoms with van der Waals surface area (Å²) >= 11 is 0. The number of para-hydroxylation sites is 1. The topological polar surface area (TPSA) is 45.0 Å². The normalized spacial score (nSPS) is 11.8. The number of nitrogens with one attached hydrogen (secondary N) is 1. The smallest absolute Gasteiger partial charge is 0.101 e. The third-order valence-corrected chi connectivity index (χ3v) is 2.14. The number of hydrogen-bond donors (Lipinski definition) is 1. The van der Waals surface area contributed by atoms with E-state index in [0.29, 0.717) is 11.5 Å². The molecule has 0 heterocycles. The molecule has 0 spiro atoms. The Balaban J connectivity index is 2.54. The van der Waals surface area contributed by atoms with E-state index in [1.807, 2.05) is 24.3 Å². The second-order valence-electron chi connectivity index (χ2n) is 3.60. The molecule has 0 aromatic heterocycles. The Labute approximate surface area is 90.7 Å². The summed E-state index contributed by atoms with van der Waals surface area (Å²) in [6.45, 7) is 3.64. The zero-order valence-electron chi connectivity index (χ0n) is 9.16. The molecule has 0 aliphatic heterocycles. The second kappa shape index (κ2) is 6.05. The fourth-order valence-corrected chi connectivity index (χ4v) is 1.36. The highest BCUT2D eigenvalue weighted by Gasteiger charge is 2.03. The first kappa shape index (κ1) is 11.5. The zero-order chi connectivity index (χ0) is 11.1. The summed E-state index contributed by atoms with van der Waals surface area (Å²) in [5.41, 5.74) is 1.57. The van der Waals surface area contributed by atoms with Crippen LogP contribution >= 0.6 is 0 Å². The summed E-state index contributed by atoms with van der Waals surface area (Å²) < 4.78 is 5.04. The lowest BCUT2D eigenvalue weighted by Gasteiger charge is -2.13. The number of anilines is 1. The summed E-state index contributed by atoms with van der Waals surface area (Å²) in [6.07, 6.45) is 0. The van der Waals surface area contributed by atoms with Gasteiger partial charge in [-0.2, -0.15) is 5.26 Å². The minimum absolute atomic E-state index is 0.432. The molecule has 1 atom stereocenters. The van der Waals surface area contributed by atoms with Gasteiger partial charge >= 0.3 is 0 Å². The molecule has 0 bridgehead atoms. The van der Waals surface area contributed by atoms with Crippen LogP contribution in [0, 0.1) is 17.2 Å². The number of nitriles is 1. The van der Waals surface area contributed by atoms with E-state index in [9.17, 15) is 0 Å². The third kappa shape index (κ3) is 3.61. The quantitative estimate of drug-likeness (QED) is 0.800. The first-order chi connectivity index (χ1) is 7.27. The van der Waals surface area contributed by atoms with Crippen molar-refractivity contribution >= 4 is 5.69 Å². The predicted octanol–water partition coefficient (Wildman–Crippen LogP) is 2.25. The summed E-state index contributed by atoms with van der Waals surface area (Å²) in [6, 6.07) is 9.67. The first-order valence-electron chi connectivity index (χ1n) is 5.00. The maximum Gasteiger partial charge on any atom is 0.101 e. The number of rotatable bonds is 5. The van der Waals surface area contributed by atoms with Gasteiger partial charge in [-0.3, -0.25) is 0 Å². The van der Waals surface area contributed by atoms with Crippen molar-refractivity contribution in [3.63, 3.8) is 0 Å². The van der Waals surface area contributed by atoms with Crippen LogP contribution in [0.3, 0.4) is 0 Å². The molecule has 0 radical (unpaired) electrons. The van der Waals surface area contributed by atoms with Gasteiger partial charge < -0.3 is 10.1 Å². The maximum absolute atomic E-state index is 8.87. The van der Waals surface area contributed by atoms with Crippen molar-refractivity contribution in [1.82, 2.24) is 0 Å². The third-order valence-electron chi connectivity index (χ3n) is 2.14. The predicted molar refractivity (Wildman–Crippen MR) is 60.7 cm³/mol. The van der Waals surface area contributed by atoms with Gasteiger partial charge in [-0.1, -0.05) is 19.1 Å². The molecule has 3 nitrogen and oxygen atoms in total. The minimum atomic E-state index is 0.432. The van der Waals surface area contributed by atoms with Gasteiger partial charge in [-0.15, -0.1) is 0 Å². The molecule has 0 saturated carbocycles. The highest BCUT2D eigenvalue weighted by atomic mass is 16.5. The van der Waals surface area contributed by atoms with Crippen molar-refractivity contribution in [1.29, 1.82) is 5.26 Å². The van der Waals surface area contributed by atoms with Crippen LogP contribution in [-0.2, 0) is 4.74 Å². The molecule has 0 aliphatic rings. The van der Waals surface area contributed by atoms with E-state index in [-0.39, 0.29) is 0 Å². The molecular formula is C12H16N2O. The van der Waals surface area contributed by atoms with Gasteiger partial charge in [0.1, 0.15) is 6.07 Å². The summed E-state index contributed by atoms with van der Waals surface area (Å²) in [5, 5.41) is 12.1. The Morgan fingerprint density at radius 3 is 2.87 bits per heavy atom. The molecular weight excluding hydrogens is 188 g/mol. The molecule has 0 aliphatic carbocycles. The van der Waals surface area contributed by atoms with Gasteiger partial charge in [0, 0.05) is 13.7 Å². The summed E-state index contributed by atoms with van der Waals surface area (Å²) in [7, 11) is 1.69. The summed E-state index contributed by atoms with van der Waals surface area (Å²) in [5.74, 6) is 0.432. The van der Waals surface area contributed by atoms with Crippen LogP contribution in [0.4, 0.5) is 5.69 Å². The lowest BCUT2D eigenvalue weighted by atomic mass is 10.1. The minimum Gasteiger partial charge on any atom is -0.384 e. The van der Waals surface area contributed by atoms with Gasteiger partial charge in [0.2, 0.25) is 0 Å². The first-order valence-corrected chi connectivity index (χ1v) is 5.00. The SMILES string of the molecule is COCC(C)CNc1ccccc1C#N. The van der Waals surface area contributed by atoms with Crippen molar-refractivity contribution < 1.29 is 4.74 Å². The van der Waals surface area contributed by atoms with E-state index in [1.165, 1.54) is 0 Å². The Kier molecular flexibility index (Phi) is 4.65. The van der Waals surface area contributed by atoms with E-state index < -0.39 is 0 Å². The molecule has 80 valence electrons. The van der Waals surface area contributed by atoms with Crippen molar-refractivity contribution in [2.45, 2.75) is 6.92 Å². The monoisotopic (exact) mass is 204 g/mol. The molecule has 1 unspecified atom stereocenters. The average molecular weight is 204 g/mol. The maximum atomic E-state index is 8.87. The second-order valence-corrected chi connectivity index (χ2v) is 3.60. The van der Waals surface area contributed by atoms with Gasteiger partial charge in [0.15, 0.2) is 0 Å². The number of ether oxygens (including phenoxy) is 1. The Hall–Kier alpha value is -1.53. The number of methoxy groups -OCH3 is 1. The number of hydrogen-bond acceptors (Lipinski definition) is 3. The molecule has 0 saturated heterocycles. The van der Waals surface area contributed by atoms with Crippen LogP contribution < -0.4 is 5.32 Å². The fraction of sp³-hybridized carbons (Fsp3) is 0.417. The molecule has 15 heavy (non-hydrogen) atoms. The highest BCUT2D eigenvalue weighted by molar-refractivity contribution is 5.57. The van der Waals surface area contributed by atoms with Crippen molar-refractivity contribution in [2.75, 3.05) is 25.6 Å². The van der Waals surface area contributed by atoms with E-state index in [2.05, 4.69) is 18.3 Å². The summed E-state index contributed by atoms with van der Waals surface area (Å²) in [4.78, 5) is 0. The van der Waals surface area contributed by atoms with Crippen LogP contribution in [-0.4, -0.2) is 20.3 Å². The fourth-order valence-electron chi connectivity index (χ4n) is 1.36. The lowest BCUT2D eigenvalue weighted by molar-refractivity contribution is 0.164. The van der Waals surface area contributed by atoms with E-state index in [0.717, 1.165) is 18.8 Å². The molecule has 1 N–H and O–H groups in total. The average Bonchev–Trinajstić information content (AvgIpc) is 2.27. The van der Waals surface area contributed by atoms with Gasteiger partial charge in [0.05, 0.1) is 17.9 Å². The number of benzene rings is 1.